The molecule has 0 aromatic heterocycles. The van der Waals surface area contributed by atoms with Crippen LogP contribution in [0.1, 0.15) is 6.92 Å². The number of carbonyl (C=O) groups excluding carboxylic acids is 2. The maximum absolute atomic E-state index is 11.8. The standard InChI is InChI=1S/C11H12N2O4S/c1-8(7-10(12)14)11(15)13-18(16,17)9-5-3-2-4-6-9/h2-7H,1H3,(H2,12,14)(H,13,15). The van der Waals surface area contributed by atoms with E-state index in [2.05, 4.69) is 0 Å². The van der Waals surface area contributed by atoms with Crippen LogP contribution in [-0.4, -0.2) is 20.2 Å². The molecule has 0 aliphatic carbocycles. The van der Waals surface area contributed by atoms with Crippen molar-refractivity contribution in [2.45, 2.75) is 11.8 Å². The molecular formula is C11H12N2O4S. The minimum absolute atomic E-state index is 0.0368. The Morgan fingerprint density at radius 1 is 1.22 bits per heavy atom. The first-order valence-corrected chi connectivity index (χ1v) is 6.41. The summed E-state index contributed by atoms with van der Waals surface area (Å²) in [4.78, 5) is 22.0. The van der Waals surface area contributed by atoms with Gasteiger partial charge in [-0.1, -0.05) is 18.2 Å². The molecule has 0 saturated heterocycles. The Kier molecular flexibility index (Phi) is 4.22. The lowest BCUT2D eigenvalue weighted by Crippen LogP contribution is -2.31. The Labute approximate surface area is 105 Å². The summed E-state index contributed by atoms with van der Waals surface area (Å²) in [6.45, 7) is 1.29. The Morgan fingerprint density at radius 3 is 2.28 bits per heavy atom. The molecule has 96 valence electrons. The van der Waals surface area contributed by atoms with Crippen LogP contribution < -0.4 is 10.5 Å². The smallest absolute Gasteiger partial charge is 0.264 e. The zero-order chi connectivity index (χ0) is 13.8. The molecule has 0 unspecified atom stereocenters. The fraction of sp³-hybridized carbons (Fsp3) is 0.0909. The van der Waals surface area contributed by atoms with E-state index in [1.54, 1.807) is 6.07 Å². The van der Waals surface area contributed by atoms with Crippen molar-refractivity contribution < 1.29 is 18.0 Å². The van der Waals surface area contributed by atoms with Crippen LogP contribution in [0.3, 0.4) is 0 Å². The fourth-order valence-electron chi connectivity index (χ4n) is 1.14. The van der Waals surface area contributed by atoms with E-state index >= 15 is 0 Å². The van der Waals surface area contributed by atoms with Gasteiger partial charge in [0.15, 0.2) is 0 Å². The van der Waals surface area contributed by atoms with E-state index in [-0.39, 0.29) is 10.5 Å². The van der Waals surface area contributed by atoms with Crippen LogP contribution >= 0.6 is 0 Å². The summed E-state index contributed by atoms with van der Waals surface area (Å²) in [5.41, 5.74) is 4.78. The zero-order valence-corrected chi connectivity index (χ0v) is 10.4. The highest BCUT2D eigenvalue weighted by atomic mass is 32.2. The number of primary amides is 1. The van der Waals surface area contributed by atoms with E-state index in [0.717, 1.165) is 6.08 Å². The van der Waals surface area contributed by atoms with Gasteiger partial charge in [0, 0.05) is 11.6 Å². The van der Waals surface area contributed by atoms with Gasteiger partial charge in [-0.05, 0) is 19.1 Å². The Balaban J connectivity index is 2.92. The quantitative estimate of drug-likeness (QED) is 0.745. The maximum atomic E-state index is 11.8. The predicted octanol–water partition coefficient (Wildman–Crippen LogP) is -0.0769. The second-order valence-corrected chi connectivity index (χ2v) is 5.16. The second-order valence-electron chi connectivity index (χ2n) is 3.48. The average molecular weight is 268 g/mol. The van der Waals surface area contributed by atoms with E-state index in [1.165, 1.54) is 31.2 Å². The molecule has 0 atom stereocenters. The van der Waals surface area contributed by atoms with Crippen molar-refractivity contribution in [3.05, 3.63) is 42.0 Å². The van der Waals surface area contributed by atoms with Gasteiger partial charge in [-0.2, -0.15) is 0 Å². The molecule has 0 aliphatic heterocycles. The highest BCUT2D eigenvalue weighted by Gasteiger charge is 2.18. The van der Waals surface area contributed by atoms with Gasteiger partial charge in [-0.15, -0.1) is 0 Å². The first-order chi connectivity index (χ1) is 8.33. The van der Waals surface area contributed by atoms with E-state index < -0.39 is 21.8 Å². The van der Waals surface area contributed by atoms with Crippen molar-refractivity contribution in [2.75, 3.05) is 0 Å². The Morgan fingerprint density at radius 2 is 1.78 bits per heavy atom. The first kappa shape index (κ1) is 13.9. The first-order valence-electron chi connectivity index (χ1n) is 4.93. The normalized spacial score (nSPS) is 11.9. The molecule has 0 spiro atoms. The van der Waals surface area contributed by atoms with Gasteiger partial charge < -0.3 is 5.73 Å². The SMILES string of the molecule is CC(=CC(N)=O)C(=O)NS(=O)(=O)c1ccccc1. The van der Waals surface area contributed by atoms with Crippen molar-refractivity contribution in [3.8, 4) is 0 Å². The molecule has 6 nitrogen and oxygen atoms in total. The van der Waals surface area contributed by atoms with Crippen molar-refractivity contribution in [1.29, 1.82) is 0 Å². The molecule has 0 fully saturated rings. The molecule has 0 bridgehead atoms. The number of nitrogens with one attached hydrogen (secondary N) is 1. The number of nitrogens with two attached hydrogens (primary N) is 1. The van der Waals surface area contributed by atoms with E-state index in [4.69, 9.17) is 5.73 Å². The van der Waals surface area contributed by atoms with Crippen molar-refractivity contribution in [3.63, 3.8) is 0 Å². The molecule has 7 heteroatoms. The molecule has 3 N–H and O–H groups in total. The number of sulfonamides is 1. The van der Waals surface area contributed by atoms with Gasteiger partial charge >= 0.3 is 0 Å². The number of rotatable bonds is 4. The van der Waals surface area contributed by atoms with E-state index in [1.807, 2.05) is 4.72 Å². The summed E-state index contributed by atoms with van der Waals surface area (Å²) in [5, 5.41) is 0. The molecule has 2 amide bonds. The fourth-order valence-corrected chi connectivity index (χ4v) is 2.18. The van der Waals surface area contributed by atoms with Gasteiger partial charge in [-0.25, -0.2) is 13.1 Å². The number of hydrogen-bond donors (Lipinski definition) is 2. The molecular weight excluding hydrogens is 256 g/mol. The molecule has 1 aromatic rings. The van der Waals surface area contributed by atoms with E-state index in [0.29, 0.717) is 0 Å². The van der Waals surface area contributed by atoms with Crippen LogP contribution in [0.4, 0.5) is 0 Å². The lowest BCUT2D eigenvalue weighted by Gasteiger charge is -2.06. The molecule has 18 heavy (non-hydrogen) atoms. The summed E-state index contributed by atoms with van der Waals surface area (Å²) in [6, 6.07) is 7.42. The van der Waals surface area contributed by atoms with E-state index in [9.17, 15) is 18.0 Å². The summed E-state index contributed by atoms with van der Waals surface area (Å²) < 4.78 is 25.3. The van der Waals surface area contributed by atoms with Crippen LogP contribution in [0.2, 0.25) is 0 Å². The van der Waals surface area contributed by atoms with Crippen molar-refractivity contribution in [1.82, 2.24) is 4.72 Å². The summed E-state index contributed by atoms with van der Waals surface area (Å²) in [5.74, 6) is -1.71. The van der Waals surface area contributed by atoms with Gasteiger partial charge in [0.1, 0.15) is 0 Å². The van der Waals surface area contributed by atoms with Crippen molar-refractivity contribution in [2.24, 2.45) is 5.73 Å². The minimum Gasteiger partial charge on any atom is -0.366 e. The lowest BCUT2D eigenvalue weighted by atomic mass is 10.3. The number of benzene rings is 1. The summed E-state index contributed by atoms with van der Waals surface area (Å²) in [6.07, 6.45) is 0.857. The summed E-state index contributed by atoms with van der Waals surface area (Å²) >= 11 is 0. The topological polar surface area (TPSA) is 106 Å². The highest BCUT2D eigenvalue weighted by molar-refractivity contribution is 7.90. The van der Waals surface area contributed by atoms with Crippen LogP contribution in [0, 0.1) is 0 Å². The maximum Gasteiger partial charge on any atom is 0.264 e. The van der Waals surface area contributed by atoms with Crippen molar-refractivity contribution >= 4 is 21.8 Å². The second kappa shape index (κ2) is 5.46. The van der Waals surface area contributed by atoms with Gasteiger partial charge in [0.05, 0.1) is 4.90 Å². The molecule has 1 aromatic carbocycles. The molecule has 0 radical (unpaired) electrons. The lowest BCUT2D eigenvalue weighted by molar-refractivity contribution is -0.117. The molecule has 0 saturated carbocycles. The zero-order valence-electron chi connectivity index (χ0n) is 9.58. The van der Waals surface area contributed by atoms with Crippen LogP contribution in [0.15, 0.2) is 46.9 Å². The number of hydrogen-bond acceptors (Lipinski definition) is 4. The molecule has 0 aliphatic rings. The monoisotopic (exact) mass is 268 g/mol. The summed E-state index contributed by atoms with van der Waals surface area (Å²) in [7, 11) is -3.93. The van der Waals surface area contributed by atoms with Crippen LogP contribution in [-0.2, 0) is 19.6 Å². The van der Waals surface area contributed by atoms with Crippen LogP contribution in [0.25, 0.3) is 0 Å². The highest BCUT2D eigenvalue weighted by Crippen LogP contribution is 2.07. The average Bonchev–Trinajstić information content (AvgIpc) is 2.28. The van der Waals surface area contributed by atoms with Gasteiger partial charge in [-0.3, -0.25) is 9.59 Å². The third kappa shape index (κ3) is 3.70. The van der Waals surface area contributed by atoms with Gasteiger partial charge in [0.2, 0.25) is 5.91 Å². The Hall–Kier alpha value is -2.15. The third-order valence-electron chi connectivity index (χ3n) is 2.00. The van der Waals surface area contributed by atoms with Crippen LogP contribution in [0.5, 0.6) is 0 Å². The molecule has 0 heterocycles. The number of amides is 2. The third-order valence-corrected chi connectivity index (χ3v) is 3.34. The minimum atomic E-state index is -3.93. The molecule has 1 rings (SSSR count). The predicted molar refractivity (Wildman–Crippen MR) is 64.7 cm³/mol. The van der Waals surface area contributed by atoms with Gasteiger partial charge in [0.25, 0.3) is 15.9 Å². The number of carbonyl (C=O) groups is 2. The Bertz CT molecular complexity index is 591. The largest absolute Gasteiger partial charge is 0.366 e.